The lowest BCUT2D eigenvalue weighted by Gasteiger charge is -2.11. The number of pyridine rings is 1. The molecule has 2 N–H and O–H groups in total. The van der Waals surface area contributed by atoms with Gasteiger partial charge in [-0.3, -0.25) is 4.79 Å². The Bertz CT molecular complexity index is 951. The average Bonchev–Trinajstić information content (AvgIpc) is 2.99. The van der Waals surface area contributed by atoms with E-state index in [0.717, 1.165) is 41.8 Å². The maximum absolute atomic E-state index is 13.0. The summed E-state index contributed by atoms with van der Waals surface area (Å²) in [6.45, 7) is 2.39. The number of anilines is 1. The summed E-state index contributed by atoms with van der Waals surface area (Å²) >= 11 is 0. The third kappa shape index (κ3) is 2.92. The minimum absolute atomic E-state index is 0.242. The highest BCUT2D eigenvalue weighted by Gasteiger charge is 2.25. The predicted octanol–water partition coefficient (Wildman–Crippen LogP) is 3.01. The molecule has 0 bridgehead atoms. The number of nitrogens with one attached hydrogen (secondary N) is 2. The Hall–Kier alpha value is -3.22. The van der Waals surface area contributed by atoms with E-state index < -0.39 is 0 Å². The van der Waals surface area contributed by atoms with Gasteiger partial charge in [-0.25, -0.2) is 15.0 Å². The van der Waals surface area contributed by atoms with Crippen molar-refractivity contribution >= 4 is 11.7 Å². The largest absolute Gasteiger partial charge is 0.490 e. The maximum atomic E-state index is 13.0. The molecule has 1 aliphatic carbocycles. The Morgan fingerprint density at radius 2 is 2.27 bits per heavy atom. The Morgan fingerprint density at radius 1 is 1.35 bits per heavy atom. The van der Waals surface area contributed by atoms with Crippen LogP contribution < -0.4 is 10.1 Å². The highest BCUT2D eigenvalue weighted by Crippen LogP contribution is 2.33. The summed E-state index contributed by atoms with van der Waals surface area (Å²) in [5.74, 6) is 0.715. The second-order valence-corrected chi connectivity index (χ2v) is 6.04. The number of hydrogen-bond acceptors (Lipinski definition) is 5. The molecule has 7 nitrogen and oxygen atoms in total. The van der Waals surface area contributed by atoms with Gasteiger partial charge in [0.25, 0.3) is 5.91 Å². The van der Waals surface area contributed by atoms with Gasteiger partial charge in [0.1, 0.15) is 6.33 Å². The average molecular weight is 349 g/mol. The van der Waals surface area contributed by atoms with Gasteiger partial charge in [0.2, 0.25) is 0 Å². The van der Waals surface area contributed by atoms with Gasteiger partial charge < -0.3 is 15.0 Å². The van der Waals surface area contributed by atoms with E-state index in [-0.39, 0.29) is 5.91 Å². The van der Waals surface area contributed by atoms with Crippen molar-refractivity contribution < 1.29 is 9.53 Å². The minimum Gasteiger partial charge on any atom is -0.490 e. The quantitative estimate of drug-likeness (QED) is 0.755. The van der Waals surface area contributed by atoms with Crippen LogP contribution in [0.5, 0.6) is 5.75 Å². The number of aromatic nitrogens is 4. The summed E-state index contributed by atoms with van der Waals surface area (Å²) in [6.07, 6.45) is 9.47. The number of aromatic amines is 1. The molecule has 0 radical (unpaired) electrons. The van der Waals surface area contributed by atoms with Crippen molar-refractivity contribution in [2.24, 2.45) is 0 Å². The molecule has 3 aromatic heterocycles. The van der Waals surface area contributed by atoms with Gasteiger partial charge in [-0.15, -0.1) is 0 Å². The molecular formula is C19H19N5O2. The molecule has 3 aromatic rings. The van der Waals surface area contributed by atoms with Crippen molar-refractivity contribution in [3.8, 4) is 17.0 Å². The van der Waals surface area contributed by atoms with Crippen LogP contribution in [0.1, 0.15) is 35.0 Å². The molecule has 0 saturated heterocycles. The van der Waals surface area contributed by atoms with Crippen LogP contribution in [-0.2, 0) is 12.8 Å². The molecule has 0 fully saturated rings. The standard InChI is InChI=1S/C19H19N5O2/c1-2-26-15-7-4-8-21-18(15)24-19(25)13-10-22-14-6-3-5-12-9-20-11-23-17(12)16(13)14/h4,7-11,22H,2-3,5-6H2,1H3,(H,21,24,25). The molecule has 3 heterocycles. The number of ether oxygens (including phenoxy) is 1. The van der Waals surface area contributed by atoms with E-state index in [9.17, 15) is 4.79 Å². The van der Waals surface area contributed by atoms with Crippen LogP contribution in [0.4, 0.5) is 5.82 Å². The second kappa shape index (κ2) is 6.95. The maximum Gasteiger partial charge on any atom is 0.259 e. The number of nitrogens with zero attached hydrogens (tertiary/aromatic N) is 3. The van der Waals surface area contributed by atoms with E-state index in [1.54, 1.807) is 24.5 Å². The van der Waals surface area contributed by atoms with Crippen LogP contribution in [0.3, 0.4) is 0 Å². The normalized spacial score (nSPS) is 12.7. The highest BCUT2D eigenvalue weighted by atomic mass is 16.5. The molecule has 0 aliphatic heterocycles. The number of H-pyrrole nitrogens is 1. The SMILES string of the molecule is CCOc1cccnc1NC(=O)c1c[nH]c2c1-c1ncncc1CCC2. The lowest BCUT2D eigenvalue weighted by molar-refractivity contribution is 0.102. The fraction of sp³-hybridized carbons (Fsp3) is 0.263. The van der Waals surface area contributed by atoms with E-state index in [4.69, 9.17) is 4.74 Å². The first-order valence-corrected chi connectivity index (χ1v) is 8.66. The topological polar surface area (TPSA) is 92.8 Å². The molecular weight excluding hydrogens is 330 g/mol. The number of carbonyl (C=O) groups is 1. The van der Waals surface area contributed by atoms with Crippen LogP contribution in [0.15, 0.2) is 37.1 Å². The molecule has 0 atom stereocenters. The zero-order chi connectivity index (χ0) is 17.9. The van der Waals surface area contributed by atoms with Crippen LogP contribution in [0.2, 0.25) is 0 Å². The molecule has 0 aromatic carbocycles. The van der Waals surface area contributed by atoms with Crippen molar-refractivity contribution in [1.82, 2.24) is 19.9 Å². The van der Waals surface area contributed by atoms with Gasteiger partial charge >= 0.3 is 0 Å². The number of rotatable bonds is 4. The Balaban J connectivity index is 1.71. The number of hydrogen-bond donors (Lipinski definition) is 2. The van der Waals surface area contributed by atoms with Gasteiger partial charge in [0.05, 0.1) is 17.9 Å². The Morgan fingerprint density at radius 3 is 3.15 bits per heavy atom. The number of fused-ring (bicyclic) bond motifs is 3. The van der Waals surface area contributed by atoms with E-state index in [1.165, 1.54) is 6.33 Å². The van der Waals surface area contributed by atoms with E-state index >= 15 is 0 Å². The summed E-state index contributed by atoms with van der Waals surface area (Å²) < 4.78 is 5.54. The minimum atomic E-state index is -0.242. The zero-order valence-corrected chi connectivity index (χ0v) is 14.5. The van der Waals surface area contributed by atoms with Crippen molar-refractivity contribution in [1.29, 1.82) is 0 Å². The molecule has 132 valence electrons. The molecule has 0 spiro atoms. The summed E-state index contributed by atoms with van der Waals surface area (Å²) in [5, 5.41) is 2.86. The van der Waals surface area contributed by atoms with Crippen molar-refractivity contribution in [2.45, 2.75) is 26.2 Å². The summed E-state index contributed by atoms with van der Waals surface area (Å²) in [5.41, 5.74) is 4.32. The van der Waals surface area contributed by atoms with Crippen LogP contribution >= 0.6 is 0 Å². The van der Waals surface area contributed by atoms with Crippen LogP contribution in [0.25, 0.3) is 11.3 Å². The number of amides is 1. The predicted molar refractivity (Wildman–Crippen MR) is 97.2 cm³/mol. The summed E-state index contributed by atoms with van der Waals surface area (Å²) in [4.78, 5) is 29.0. The molecule has 7 heteroatoms. The van der Waals surface area contributed by atoms with Gasteiger partial charge in [0.15, 0.2) is 11.6 Å². The van der Waals surface area contributed by atoms with Gasteiger partial charge in [0, 0.05) is 29.8 Å². The van der Waals surface area contributed by atoms with Crippen molar-refractivity contribution in [3.05, 3.63) is 53.9 Å². The number of aryl methyl sites for hydroxylation is 2. The van der Waals surface area contributed by atoms with Gasteiger partial charge in [-0.1, -0.05) is 0 Å². The van der Waals surface area contributed by atoms with Crippen LogP contribution in [-0.4, -0.2) is 32.4 Å². The second-order valence-electron chi connectivity index (χ2n) is 6.04. The van der Waals surface area contributed by atoms with E-state index in [1.807, 2.05) is 13.1 Å². The molecule has 4 rings (SSSR count). The van der Waals surface area contributed by atoms with E-state index in [2.05, 4.69) is 25.3 Å². The molecule has 26 heavy (non-hydrogen) atoms. The molecule has 0 saturated carbocycles. The fourth-order valence-electron chi connectivity index (χ4n) is 3.27. The third-order valence-electron chi connectivity index (χ3n) is 4.41. The monoisotopic (exact) mass is 349 g/mol. The number of carbonyl (C=O) groups excluding carboxylic acids is 1. The van der Waals surface area contributed by atoms with Gasteiger partial charge in [-0.2, -0.15) is 0 Å². The zero-order valence-electron chi connectivity index (χ0n) is 14.5. The first-order valence-electron chi connectivity index (χ1n) is 8.66. The highest BCUT2D eigenvalue weighted by molar-refractivity contribution is 6.09. The Kier molecular flexibility index (Phi) is 4.35. The van der Waals surface area contributed by atoms with Gasteiger partial charge in [-0.05, 0) is 43.9 Å². The first-order chi connectivity index (χ1) is 12.8. The smallest absolute Gasteiger partial charge is 0.259 e. The van der Waals surface area contributed by atoms with Crippen LogP contribution in [0, 0.1) is 0 Å². The molecule has 0 unspecified atom stereocenters. The third-order valence-corrected chi connectivity index (χ3v) is 4.41. The summed E-state index contributed by atoms with van der Waals surface area (Å²) in [6, 6.07) is 3.56. The lowest BCUT2D eigenvalue weighted by Crippen LogP contribution is -2.14. The molecule has 1 aliphatic rings. The molecule has 1 amide bonds. The first kappa shape index (κ1) is 16.3. The fourth-order valence-corrected chi connectivity index (χ4v) is 3.27. The lowest BCUT2D eigenvalue weighted by atomic mass is 10.0. The van der Waals surface area contributed by atoms with Crippen molar-refractivity contribution in [3.63, 3.8) is 0 Å². The summed E-state index contributed by atoms with van der Waals surface area (Å²) in [7, 11) is 0. The Labute approximate surface area is 150 Å². The van der Waals surface area contributed by atoms with E-state index in [0.29, 0.717) is 23.7 Å². The van der Waals surface area contributed by atoms with Crippen molar-refractivity contribution in [2.75, 3.05) is 11.9 Å².